The van der Waals surface area contributed by atoms with Gasteiger partial charge in [-0.1, -0.05) is 46.8 Å². The maximum atomic E-state index is 13.6. The fourth-order valence-electron chi connectivity index (χ4n) is 3.63. The first-order chi connectivity index (χ1) is 20.5. The Kier molecular flexibility index (Phi) is 14.1. The van der Waals surface area contributed by atoms with Crippen LogP contribution in [-0.2, 0) is 45.9 Å². The summed E-state index contributed by atoms with van der Waals surface area (Å²) in [7, 11) is -18.6. The largest absolute Gasteiger partial charge is 0.335 e. The van der Waals surface area contributed by atoms with E-state index >= 15 is 0 Å². The molecule has 1 heterocycles. The minimum atomic E-state index is -4.65. The Bertz CT molecular complexity index is 1560. The summed E-state index contributed by atoms with van der Waals surface area (Å²) in [6, 6.07) is 2.49. The topological polar surface area (TPSA) is 271 Å². The molecule has 21 heteroatoms. The fourth-order valence-corrected chi connectivity index (χ4v) is 5.43. The molecule has 0 aromatic carbocycles. The summed E-state index contributed by atoms with van der Waals surface area (Å²) < 4.78 is 128. The number of hydrogen-bond donors (Lipinski definition) is 4. The maximum Gasteiger partial charge on any atom is 0.272 e. The lowest BCUT2D eigenvalue weighted by Gasteiger charge is -2.27. The zero-order chi connectivity index (χ0) is 35.9. The van der Waals surface area contributed by atoms with Crippen LogP contribution in [0.4, 0.5) is 0 Å². The number of nitrogens with zero attached hydrogens (tertiary/aromatic N) is 3. The number of amides is 2. The van der Waals surface area contributed by atoms with Gasteiger partial charge in [-0.25, -0.2) is 4.98 Å². The van der Waals surface area contributed by atoms with Crippen LogP contribution in [0.15, 0.2) is 24.3 Å². The van der Waals surface area contributed by atoms with E-state index in [4.69, 9.17) is 0 Å². The van der Waals surface area contributed by atoms with Gasteiger partial charge in [0.25, 0.3) is 52.3 Å². The van der Waals surface area contributed by atoms with Crippen molar-refractivity contribution in [3.05, 3.63) is 41.2 Å². The molecule has 0 aliphatic heterocycles. The van der Waals surface area contributed by atoms with E-state index in [0.29, 0.717) is 9.80 Å². The van der Waals surface area contributed by atoms with E-state index in [1.807, 2.05) is 26.8 Å². The van der Waals surface area contributed by atoms with Crippen molar-refractivity contribution >= 4 is 52.3 Å². The Morgan fingerprint density at radius 3 is 1.22 bits per heavy atom. The lowest BCUT2D eigenvalue weighted by Crippen LogP contribution is -2.40. The molecule has 0 atom stereocenters. The minimum Gasteiger partial charge on any atom is -0.335 e. The van der Waals surface area contributed by atoms with E-state index in [-0.39, 0.29) is 11.0 Å². The number of rotatable bonds is 18. The quantitative estimate of drug-likeness (QED) is 0.120. The molecule has 0 aliphatic carbocycles. The van der Waals surface area contributed by atoms with Crippen LogP contribution in [0.5, 0.6) is 0 Å². The first kappa shape index (κ1) is 41.5. The molecule has 1 aromatic heterocycles. The number of hydrogen-bond acceptors (Lipinski definition) is 11. The highest BCUT2D eigenvalue weighted by atomic mass is 32.2. The van der Waals surface area contributed by atoms with Gasteiger partial charge in [0.2, 0.25) is 0 Å². The molecule has 0 bridgehead atoms. The summed E-state index contributed by atoms with van der Waals surface area (Å²) in [5.41, 5.74) is -1.99. The summed E-state index contributed by atoms with van der Waals surface area (Å²) in [4.78, 5) is 32.6. The van der Waals surface area contributed by atoms with Crippen molar-refractivity contribution in [1.29, 1.82) is 0 Å². The Morgan fingerprint density at radius 1 is 0.652 bits per heavy atom. The molecule has 0 aliphatic rings. The first-order valence-electron chi connectivity index (χ1n) is 13.7. The number of carbonyl (C=O) groups is 2. The molecule has 264 valence electrons. The van der Waals surface area contributed by atoms with Gasteiger partial charge in [0.05, 0.1) is 23.0 Å². The van der Waals surface area contributed by atoms with Gasteiger partial charge in [0.1, 0.15) is 11.4 Å². The van der Waals surface area contributed by atoms with Crippen molar-refractivity contribution in [2.45, 2.75) is 46.5 Å². The van der Waals surface area contributed by atoms with Crippen molar-refractivity contribution in [3.63, 3.8) is 0 Å². The molecule has 0 saturated carbocycles. The molecular weight excluding hydrogens is 695 g/mol. The highest BCUT2D eigenvalue weighted by Gasteiger charge is 2.29. The van der Waals surface area contributed by atoms with Crippen LogP contribution < -0.4 is 0 Å². The second kappa shape index (κ2) is 15.6. The summed E-state index contributed by atoms with van der Waals surface area (Å²) in [6.07, 6.45) is 4.43. The van der Waals surface area contributed by atoms with Gasteiger partial charge in [0, 0.05) is 31.6 Å². The average molecular weight is 736 g/mol. The molecular formula is C25H41N3O14S4. The summed E-state index contributed by atoms with van der Waals surface area (Å²) in [5, 5.41) is 0. The Labute approximate surface area is 270 Å². The van der Waals surface area contributed by atoms with E-state index in [2.05, 4.69) is 4.98 Å². The third-order valence-corrected chi connectivity index (χ3v) is 9.72. The van der Waals surface area contributed by atoms with Crippen molar-refractivity contribution in [2.75, 3.05) is 49.2 Å². The van der Waals surface area contributed by atoms with Crippen LogP contribution in [0.1, 0.15) is 67.6 Å². The molecule has 0 fully saturated rings. The average Bonchev–Trinajstić information content (AvgIpc) is 2.89. The van der Waals surface area contributed by atoms with Gasteiger partial charge in [-0.3, -0.25) is 27.8 Å². The SMILES string of the molecule is CCC(C)(C)/C=C/C(C)(C)c1cc(C(=O)N(CCS(=O)(=O)O)CCS(=O)(=O)O)nc(C(=O)N(CCS(=O)(=O)O)CCS(=O)(=O)O)c1. The first-order valence-corrected chi connectivity index (χ1v) is 20.1. The predicted octanol–water partition coefficient (Wildman–Crippen LogP) is 0.787. The van der Waals surface area contributed by atoms with E-state index < -0.39 is 118 Å². The molecule has 17 nitrogen and oxygen atoms in total. The van der Waals surface area contributed by atoms with Crippen molar-refractivity contribution in [1.82, 2.24) is 14.8 Å². The van der Waals surface area contributed by atoms with Crippen molar-refractivity contribution in [3.8, 4) is 0 Å². The Hall–Kier alpha value is -2.53. The zero-order valence-corrected chi connectivity index (χ0v) is 29.3. The van der Waals surface area contributed by atoms with Crippen molar-refractivity contribution < 1.29 is 61.5 Å². The van der Waals surface area contributed by atoms with E-state index in [1.165, 1.54) is 12.1 Å². The lowest BCUT2D eigenvalue weighted by atomic mass is 9.80. The van der Waals surface area contributed by atoms with Gasteiger partial charge in [-0.05, 0) is 29.5 Å². The summed E-state index contributed by atoms with van der Waals surface area (Å²) in [6.45, 7) is 6.33. The van der Waals surface area contributed by atoms with Gasteiger partial charge in [0.15, 0.2) is 0 Å². The zero-order valence-electron chi connectivity index (χ0n) is 26.0. The summed E-state index contributed by atoms with van der Waals surface area (Å²) >= 11 is 0. The predicted molar refractivity (Wildman–Crippen MR) is 168 cm³/mol. The smallest absolute Gasteiger partial charge is 0.272 e. The highest BCUT2D eigenvalue weighted by molar-refractivity contribution is 7.86. The number of pyridine rings is 1. The van der Waals surface area contributed by atoms with Crippen LogP contribution in [0.25, 0.3) is 0 Å². The van der Waals surface area contributed by atoms with Gasteiger partial charge in [-0.2, -0.15) is 33.7 Å². The molecule has 1 aromatic rings. The molecule has 4 N–H and O–H groups in total. The second-order valence-electron chi connectivity index (χ2n) is 11.8. The molecule has 0 radical (unpaired) electrons. The number of aromatic nitrogens is 1. The van der Waals surface area contributed by atoms with Gasteiger partial charge < -0.3 is 9.80 Å². The van der Waals surface area contributed by atoms with Gasteiger partial charge >= 0.3 is 0 Å². The molecule has 0 saturated heterocycles. The normalized spacial score (nSPS) is 13.6. The van der Waals surface area contributed by atoms with Gasteiger partial charge in [-0.15, -0.1) is 0 Å². The lowest BCUT2D eigenvalue weighted by molar-refractivity contribution is 0.0762. The third kappa shape index (κ3) is 15.8. The fraction of sp³-hybridized carbons (Fsp3) is 0.640. The summed E-state index contributed by atoms with van der Waals surface area (Å²) in [5.74, 6) is -6.30. The van der Waals surface area contributed by atoms with Crippen molar-refractivity contribution in [2.24, 2.45) is 5.41 Å². The monoisotopic (exact) mass is 735 g/mol. The molecule has 1 rings (SSSR count). The Morgan fingerprint density at radius 2 is 0.957 bits per heavy atom. The minimum absolute atomic E-state index is 0.270. The van der Waals surface area contributed by atoms with Crippen LogP contribution in [-0.4, -0.2) is 128 Å². The second-order valence-corrected chi connectivity index (χ2v) is 18.0. The third-order valence-electron chi connectivity index (χ3n) is 6.92. The Balaban J connectivity index is 3.89. The van der Waals surface area contributed by atoms with Crippen LogP contribution in [0.3, 0.4) is 0 Å². The number of allylic oxidation sites excluding steroid dienone is 2. The van der Waals surface area contributed by atoms with E-state index in [9.17, 15) is 61.5 Å². The van der Waals surface area contributed by atoms with E-state index in [0.717, 1.165) is 6.42 Å². The maximum absolute atomic E-state index is 13.6. The van der Waals surface area contributed by atoms with E-state index in [1.54, 1.807) is 19.9 Å². The standard InChI is InChI=1S/C25H41N3O14S4/c1-6-24(2,3)7-8-25(4,5)19-17-20(22(29)27(9-13-43(31,32)33)10-14-44(34,35)36)26-21(18-19)23(30)28(11-15-45(37,38)39)12-16-46(40,41)42/h7-8,17-18H,6,9-16H2,1-5H3,(H,31,32,33)(H,34,35,36)(H,37,38,39)(H,40,41,42)/b8-7+. The molecule has 0 unspecified atom stereocenters. The molecule has 46 heavy (non-hydrogen) atoms. The van der Waals surface area contributed by atoms with Crippen LogP contribution >= 0.6 is 0 Å². The molecule has 2 amide bonds. The molecule has 0 spiro atoms. The van der Waals surface area contributed by atoms with Crippen LogP contribution in [0, 0.1) is 5.41 Å². The highest BCUT2D eigenvalue weighted by Crippen LogP contribution is 2.30. The number of carbonyl (C=O) groups excluding carboxylic acids is 2. The van der Waals surface area contributed by atoms with Crippen LogP contribution in [0.2, 0.25) is 0 Å².